The van der Waals surface area contributed by atoms with E-state index in [-0.39, 0.29) is 5.91 Å². The summed E-state index contributed by atoms with van der Waals surface area (Å²) in [6.07, 6.45) is -3.10. The van der Waals surface area contributed by atoms with Gasteiger partial charge in [-0.2, -0.15) is 13.2 Å². The number of hydrogen-bond donors (Lipinski definition) is 1. The second-order valence-corrected chi connectivity index (χ2v) is 8.33. The van der Waals surface area contributed by atoms with Gasteiger partial charge in [-0.25, -0.2) is 4.68 Å². The van der Waals surface area contributed by atoms with Crippen LogP contribution in [0.5, 0.6) is 0 Å². The fourth-order valence-corrected chi connectivity index (χ4v) is 4.09. The molecule has 0 saturated carbocycles. The summed E-state index contributed by atoms with van der Waals surface area (Å²) in [5, 5.41) is 14.7. The summed E-state index contributed by atoms with van der Waals surface area (Å²) in [5.74, 6) is 0.606. The molecule has 31 heavy (non-hydrogen) atoms. The summed E-state index contributed by atoms with van der Waals surface area (Å²) < 4.78 is 40.3. The van der Waals surface area contributed by atoms with Gasteiger partial charge in [-0.05, 0) is 41.6 Å². The zero-order valence-corrected chi connectivity index (χ0v) is 18.1. The Kier molecular flexibility index (Phi) is 8.13. The van der Waals surface area contributed by atoms with Crippen molar-refractivity contribution in [1.29, 1.82) is 0 Å². The van der Waals surface area contributed by atoms with E-state index in [1.165, 1.54) is 23.9 Å². The Morgan fingerprint density at radius 2 is 2.00 bits per heavy atom. The standard InChI is InChI=1S/C19H26F3N7OS/c1-27-18(24-25-26-27)31-13-6-17(30)23-7-3-8-28-9-11-29(12-10-28)16-5-2-4-15(14-16)19(20,21)22/h2,4-5,14H,3,6-13H2,1H3,(H,23,30). The van der Waals surface area contributed by atoms with Crippen LogP contribution in [0, 0.1) is 0 Å². The lowest BCUT2D eigenvalue weighted by molar-refractivity contribution is -0.137. The molecule has 0 atom stereocenters. The SMILES string of the molecule is Cn1nnnc1SCCC(=O)NCCCN1CCN(c2cccc(C(F)(F)F)c2)CC1. The number of halogens is 3. The minimum absolute atomic E-state index is 0.00278. The van der Waals surface area contributed by atoms with Gasteiger partial charge in [0, 0.05) is 57.6 Å². The maximum Gasteiger partial charge on any atom is 0.416 e. The molecular formula is C19H26F3N7OS. The van der Waals surface area contributed by atoms with E-state index >= 15 is 0 Å². The van der Waals surface area contributed by atoms with Gasteiger partial charge < -0.3 is 10.2 Å². The minimum Gasteiger partial charge on any atom is -0.369 e. The Morgan fingerprint density at radius 3 is 2.68 bits per heavy atom. The molecule has 2 heterocycles. The molecule has 2 aromatic rings. The van der Waals surface area contributed by atoms with Crippen LogP contribution < -0.4 is 10.2 Å². The van der Waals surface area contributed by atoms with Crippen molar-refractivity contribution < 1.29 is 18.0 Å². The predicted octanol–water partition coefficient (Wildman–Crippen LogP) is 2.04. The molecule has 0 bridgehead atoms. The summed E-state index contributed by atoms with van der Waals surface area (Å²) in [6, 6.07) is 5.49. The first-order valence-electron chi connectivity index (χ1n) is 10.1. The van der Waals surface area contributed by atoms with E-state index in [0.29, 0.717) is 42.7 Å². The van der Waals surface area contributed by atoms with Crippen molar-refractivity contribution in [2.24, 2.45) is 7.05 Å². The fraction of sp³-hybridized carbons (Fsp3) is 0.579. The molecule has 0 unspecified atom stereocenters. The number of nitrogens with one attached hydrogen (secondary N) is 1. The van der Waals surface area contributed by atoms with Crippen LogP contribution in [-0.2, 0) is 18.0 Å². The highest BCUT2D eigenvalue weighted by Gasteiger charge is 2.31. The maximum absolute atomic E-state index is 12.9. The molecule has 1 fully saturated rings. The van der Waals surface area contributed by atoms with E-state index in [1.807, 2.05) is 4.90 Å². The molecule has 1 amide bonds. The average molecular weight is 458 g/mol. The van der Waals surface area contributed by atoms with E-state index in [2.05, 4.69) is 25.7 Å². The zero-order valence-electron chi connectivity index (χ0n) is 17.3. The van der Waals surface area contributed by atoms with Crippen LogP contribution in [-0.4, -0.2) is 76.0 Å². The first kappa shape index (κ1) is 23.3. The highest BCUT2D eigenvalue weighted by atomic mass is 32.2. The normalized spacial score (nSPS) is 15.3. The van der Waals surface area contributed by atoms with E-state index in [0.717, 1.165) is 32.1 Å². The molecular weight excluding hydrogens is 431 g/mol. The molecule has 170 valence electrons. The summed E-state index contributed by atoms with van der Waals surface area (Å²) in [4.78, 5) is 16.2. The van der Waals surface area contributed by atoms with Gasteiger partial charge in [0.2, 0.25) is 11.1 Å². The van der Waals surface area contributed by atoms with Crippen molar-refractivity contribution >= 4 is 23.4 Å². The number of carbonyl (C=O) groups is 1. The number of hydrogen-bond acceptors (Lipinski definition) is 7. The van der Waals surface area contributed by atoms with Gasteiger partial charge in [0.25, 0.3) is 0 Å². The second kappa shape index (κ2) is 10.8. The molecule has 1 N–H and O–H groups in total. The number of benzene rings is 1. The van der Waals surface area contributed by atoms with Gasteiger partial charge in [0.15, 0.2) is 0 Å². The third-order valence-electron chi connectivity index (χ3n) is 5.03. The van der Waals surface area contributed by atoms with Gasteiger partial charge in [0.05, 0.1) is 5.56 Å². The van der Waals surface area contributed by atoms with Gasteiger partial charge in [0.1, 0.15) is 0 Å². The summed E-state index contributed by atoms with van der Waals surface area (Å²) >= 11 is 1.44. The molecule has 3 rings (SSSR count). The minimum atomic E-state index is -4.33. The number of amides is 1. The van der Waals surface area contributed by atoms with Gasteiger partial charge in [-0.3, -0.25) is 9.69 Å². The number of nitrogens with zero attached hydrogens (tertiary/aromatic N) is 6. The largest absolute Gasteiger partial charge is 0.416 e. The third kappa shape index (κ3) is 7.10. The smallest absolute Gasteiger partial charge is 0.369 e. The molecule has 1 saturated heterocycles. The van der Waals surface area contributed by atoms with Crippen molar-refractivity contribution in [3.8, 4) is 0 Å². The molecule has 1 aromatic carbocycles. The van der Waals surface area contributed by atoms with Crippen LogP contribution in [0.2, 0.25) is 0 Å². The molecule has 12 heteroatoms. The number of piperazine rings is 1. The molecule has 0 aliphatic carbocycles. The van der Waals surface area contributed by atoms with Crippen molar-refractivity contribution in [2.75, 3.05) is 49.9 Å². The van der Waals surface area contributed by atoms with Crippen molar-refractivity contribution in [3.05, 3.63) is 29.8 Å². The number of carbonyl (C=O) groups excluding carboxylic acids is 1. The number of rotatable bonds is 9. The van der Waals surface area contributed by atoms with Crippen molar-refractivity contribution in [1.82, 2.24) is 30.4 Å². The van der Waals surface area contributed by atoms with Crippen molar-refractivity contribution in [2.45, 2.75) is 24.2 Å². The quantitative estimate of drug-likeness (QED) is 0.456. The monoisotopic (exact) mass is 457 g/mol. The summed E-state index contributed by atoms with van der Waals surface area (Å²) in [5.41, 5.74) is -0.00784. The number of thioether (sulfide) groups is 1. The Morgan fingerprint density at radius 1 is 1.23 bits per heavy atom. The predicted molar refractivity (Wildman–Crippen MR) is 112 cm³/mol. The first-order valence-corrected chi connectivity index (χ1v) is 11.1. The average Bonchev–Trinajstić information content (AvgIpc) is 3.16. The van der Waals surface area contributed by atoms with Crippen LogP contribution >= 0.6 is 11.8 Å². The highest BCUT2D eigenvalue weighted by Crippen LogP contribution is 2.31. The Labute approximate surface area is 183 Å². The number of aromatic nitrogens is 4. The molecule has 1 aromatic heterocycles. The number of tetrazole rings is 1. The molecule has 8 nitrogen and oxygen atoms in total. The number of anilines is 1. The lowest BCUT2D eigenvalue weighted by Gasteiger charge is -2.36. The van der Waals surface area contributed by atoms with Crippen LogP contribution in [0.4, 0.5) is 18.9 Å². The third-order valence-corrected chi connectivity index (χ3v) is 6.04. The number of aryl methyl sites for hydroxylation is 1. The fourth-order valence-electron chi connectivity index (χ4n) is 3.31. The first-order chi connectivity index (χ1) is 14.8. The Bertz CT molecular complexity index is 853. The van der Waals surface area contributed by atoms with E-state index in [9.17, 15) is 18.0 Å². The lowest BCUT2D eigenvalue weighted by atomic mass is 10.1. The molecule has 0 spiro atoms. The Balaban J connectivity index is 1.29. The van der Waals surface area contributed by atoms with Crippen molar-refractivity contribution in [3.63, 3.8) is 0 Å². The second-order valence-electron chi connectivity index (χ2n) is 7.26. The van der Waals surface area contributed by atoms with Crippen LogP contribution in [0.3, 0.4) is 0 Å². The van der Waals surface area contributed by atoms with E-state index < -0.39 is 11.7 Å². The van der Waals surface area contributed by atoms with Gasteiger partial charge >= 0.3 is 6.18 Å². The topological polar surface area (TPSA) is 79.2 Å². The van der Waals surface area contributed by atoms with Gasteiger partial charge in [-0.15, -0.1) is 5.10 Å². The molecule has 1 aliphatic rings. The summed E-state index contributed by atoms with van der Waals surface area (Å²) in [7, 11) is 1.75. The van der Waals surface area contributed by atoms with E-state index in [4.69, 9.17) is 0 Å². The zero-order chi connectivity index (χ0) is 22.3. The number of alkyl halides is 3. The molecule has 0 radical (unpaired) electrons. The van der Waals surface area contributed by atoms with Crippen LogP contribution in [0.15, 0.2) is 29.4 Å². The molecule has 1 aliphatic heterocycles. The lowest BCUT2D eigenvalue weighted by Crippen LogP contribution is -2.47. The maximum atomic E-state index is 12.9. The highest BCUT2D eigenvalue weighted by molar-refractivity contribution is 7.99. The summed E-state index contributed by atoms with van der Waals surface area (Å²) in [6.45, 7) is 4.38. The Hall–Kier alpha value is -2.34. The van der Waals surface area contributed by atoms with Gasteiger partial charge in [-0.1, -0.05) is 17.8 Å². The van der Waals surface area contributed by atoms with E-state index in [1.54, 1.807) is 17.8 Å². The van der Waals surface area contributed by atoms with Crippen LogP contribution in [0.25, 0.3) is 0 Å². The van der Waals surface area contributed by atoms with Crippen LogP contribution in [0.1, 0.15) is 18.4 Å².